The molecule has 0 fully saturated rings. The van der Waals surface area contributed by atoms with Gasteiger partial charge < -0.3 is 10.2 Å². The molecule has 3 rings (SSSR count). The van der Waals surface area contributed by atoms with Crippen LogP contribution in [0.4, 0.5) is 11.4 Å². The van der Waals surface area contributed by atoms with E-state index in [0.29, 0.717) is 0 Å². The fraction of sp³-hybridized carbons (Fsp3) is 0.538. The van der Waals surface area contributed by atoms with E-state index in [1.165, 1.54) is 38.0 Å². The van der Waals surface area contributed by atoms with Crippen molar-refractivity contribution in [2.24, 2.45) is 0 Å². The minimum absolute atomic E-state index is 0. The molecule has 96 valence electrons. The smallest absolute Gasteiger partial charge is 0.0433 e. The van der Waals surface area contributed by atoms with Gasteiger partial charge in [-0.2, -0.15) is 0 Å². The Labute approximate surface area is 116 Å². The highest BCUT2D eigenvalue weighted by molar-refractivity contribution is 5.85. The number of nitrogens with one attached hydrogen (secondary N) is 1. The third kappa shape index (κ3) is 2.48. The van der Waals surface area contributed by atoms with Crippen molar-refractivity contribution in [3.05, 3.63) is 23.3 Å². The van der Waals surface area contributed by atoms with Gasteiger partial charge in [-0.25, -0.2) is 0 Å². The van der Waals surface area contributed by atoms with Gasteiger partial charge in [0, 0.05) is 31.0 Å². The lowest BCUT2D eigenvalue weighted by atomic mass is 9.99. The summed E-state index contributed by atoms with van der Waals surface area (Å²) in [4.78, 5) is 2.56. The molecule has 0 aliphatic carbocycles. The zero-order chi connectivity index (χ0) is 10.3. The molecule has 4 heteroatoms. The van der Waals surface area contributed by atoms with Crippen molar-refractivity contribution in [1.82, 2.24) is 0 Å². The highest BCUT2D eigenvalue weighted by atomic mass is 35.5. The first-order valence-corrected chi connectivity index (χ1v) is 6.03. The van der Waals surface area contributed by atoms with Gasteiger partial charge >= 0.3 is 0 Å². The van der Waals surface area contributed by atoms with E-state index in [0.717, 1.165) is 6.54 Å². The predicted octanol–water partition coefficient (Wildman–Crippen LogP) is 3.27. The number of anilines is 2. The van der Waals surface area contributed by atoms with Crippen LogP contribution in [-0.2, 0) is 12.8 Å². The van der Waals surface area contributed by atoms with E-state index in [2.05, 4.69) is 29.3 Å². The maximum atomic E-state index is 3.43. The zero-order valence-electron chi connectivity index (χ0n) is 10.2. The first-order chi connectivity index (χ1) is 7.38. The van der Waals surface area contributed by atoms with Crippen molar-refractivity contribution in [3.63, 3.8) is 0 Å². The summed E-state index contributed by atoms with van der Waals surface area (Å²) in [7, 11) is 0. The molecule has 0 spiro atoms. The van der Waals surface area contributed by atoms with E-state index in [1.807, 2.05) is 0 Å². The van der Waals surface area contributed by atoms with Crippen LogP contribution in [0.5, 0.6) is 0 Å². The van der Waals surface area contributed by atoms with Crippen molar-refractivity contribution in [2.75, 3.05) is 29.9 Å². The fourth-order valence-corrected chi connectivity index (χ4v) is 2.90. The molecule has 2 aliphatic rings. The second-order valence-corrected chi connectivity index (χ2v) is 4.51. The maximum Gasteiger partial charge on any atom is 0.0433 e. The zero-order valence-corrected chi connectivity index (χ0v) is 11.8. The Hall–Kier alpha value is -0.600. The SMILES string of the molecule is CCNc1cc2c3c(c1)CCN3CCC2.Cl.Cl. The molecule has 17 heavy (non-hydrogen) atoms. The van der Waals surface area contributed by atoms with Crippen LogP contribution in [0, 0.1) is 0 Å². The summed E-state index contributed by atoms with van der Waals surface area (Å²) in [6, 6.07) is 4.69. The van der Waals surface area contributed by atoms with Crippen LogP contribution in [0.1, 0.15) is 24.5 Å². The first-order valence-electron chi connectivity index (χ1n) is 6.03. The maximum absolute atomic E-state index is 3.43. The lowest BCUT2D eigenvalue weighted by Gasteiger charge is -2.27. The van der Waals surface area contributed by atoms with Crippen LogP contribution >= 0.6 is 24.8 Å². The Morgan fingerprint density at radius 1 is 1.12 bits per heavy atom. The molecule has 0 amide bonds. The van der Waals surface area contributed by atoms with Crippen molar-refractivity contribution < 1.29 is 0 Å². The summed E-state index contributed by atoms with van der Waals surface area (Å²) in [5.74, 6) is 0. The second kappa shape index (κ2) is 5.83. The summed E-state index contributed by atoms with van der Waals surface area (Å²) in [6.07, 6.45) is 3.82. The van der Waals surface area contributed by atoms with Crippen LogP contribution in [0.3, 0.4) is 0 Å². The van der Waals surface area contributed by atoms with Gasteiger partial charge in [-0.1, -0.05) is 0 Å². The van der Waals surface area contributed by atoms with Crippen LogP contribution in [0.2, 0.25) is 0 Å². The predicted molar refractivity (Wildman–Crippen MR) is 79.3 cm³/mol. The number of halogens is 2. The van der Waals surface area contributed by atoms with Gasteiger partial charge in [0.15, 0.2) is 0 Å². The van der Waals surface area contributed by atoms with Crippen molar-refractivity contribution in [2.45, 2.75) is 26.2 Å². The molecule has 2 heterocycles. The summed E-state index contributed by atoms with van der Waals surface area (Å²) >= 11 is 0. The third-order valence-electron chi connectivity index (χ3n) is 3.49. The summed E-state index contributed by atoms with van der Waals surface area (Å²) < 4.78 is 0. The number of nitrogens with zero attached hydrogens (tertiary/aromatic N) is 1. The molecular formula is C13H20Cl2N2. The van der Waals surface area contributed by atoms with Crippen molar-refractivity contribution in [3.8, 4) is 0 Å². The molecule has 2 aliphatic heterocycles. The molecule has 0 atom stereocenters. The average Bonchev–Trinajstić information content (AvgIpc) is 2.64. The van der Waals surface area contributed by atoms with Crippen LogP contribution in [-0.4, -0.2) is 19.6 Å². The molecule has 0 radical (unpaired) electrons. The van der Waals surface area contributed by atoms with Gasteiger partial charge in [-0.05, 0) is 49.4 Å². The van der Waals surface area contributed by atoms with Gasteiger partial charge in [0.2, 0.25) is 0 Å². The highest BCUT2D eigenvalue weighted by Crippen LogP contribution is 2.37. The van der Waals surface area contributed by atoms with Gasteiger partial charge in [0.1, 0.15) is 0 Å². The molecule has 1 aromatic rings. The third-order valence-corrected chi connectivity index (χ3v) is 3.49. The quantitative estimate of drug-likeness (QED) is 0.891. The summed E-state index contributed by atoms with van der Waals surface area (Å²) in [5.41, 5.74) is 5.99. The van der Waals surface area contributed by atoms with E-state index in [9.17, 15) is 0 Å². The number of rotatable bonds is 2. The van der Waals surface area contributed by atoms with E-state index >= 15 is 0 Å². The normalized spacial score (nSPS) is 15.7. The fourth-order valence-electron chi connectivity index (χ4n) is 2.90. The van der Waals surface area contributed by atoms with Gasteiger partial charge in [-0.15, -0.1) is 24.8 Å². The van der Waals surface area contributed by atoms with E-state index < -0.39 is 0 Å². The largest absolute Gasteiger partial charge is 0.385 e. The molecule has 1 aromatic carbocycles. The van der Waals surface area contributed by atoms with Crippen LogP contribution < -0.4 is 10.2 Å². The summed E-state index contributed by atoms with van der Waals surface area (Å²) in [6.45, 7) is 5.67. The Bertz CT molecular complexity index is 393. The van der Waals surface area contributed by atoms with Crippen molar-refractivity contribution >= 4 is 36.2 Å². The van der Waals surface area contributed by atoms with Crippen LogP contribution in [0.15, 0.2) is 12.1 Å². The molecule has 0 saturated heterocycles. The molecule has 2 nitrogen and oxygen atoms in total. The Morgan fingerprint density at radius 2 is 1.82 bits per heavy atom. The number of aryl methyl sites for hydroxylation is 1. The van der Waals surface area contributed by atoms with E-state index in [1.54, 1.807) is 16.8 Å². The molecule has 0 bridgehead atoms. The topological polar surface area (TPSA) is 15.3 Å². The van der Waals surface area contributed by atoms with E-state index in [-0.39, 0.29) is 24.8 Å². The van der Waals surface area contributed by atoms with E-state index in [4.69, 9.17) is 0 Å². The number of benzene rings is 1. The molecule has 0 unspecified atom stereocenters. The Kier molecular flexibility index (Phi) is 4.96. The highest BCUT2D eigenvalue weighted by Gasteiger charge is 2.25. The van der Waals surface area contributed by atoms with Gasteiger partial charge in [-0.3, -0.25) is 0 Å². The lowest BCUT2D eigenvalue weighted by Crippen LogP contribution is -2.26. The average molecular weight is 275 g/mol. The molecule has 1 N–H and O–H groups in total. The standard InChI is InChI=1S/C13H18N2.2ClH/c1-2-14-12-8-10-4-3-6-15-7-5-11(9-12)13(10)15;;/h8-9,14H,2-7H2,1H3;2*1H. The first kappa shape index (κ1) is 14.5. The van der Waals surface area contributed by atoms with Crippen molar-refractivity contribution in [1.29, 1.82) is 0 Å². The second-order valence-electron chi connectivity index (χ2n) is 4.51. The monoisotopic (exact) mass is 274 g/mol. The molecule has 0 aromatic heterocycles. The number of hydrogen-bond donors (Lipinski definition) is 1. The van der Waals surface area contributed by atoms with Gasteiger partial charge in [0.05, 0.1) is 0 Å². The molecule has 0 saturated carbocycles. The molecular weight excluding hydrogens is 255 g/mol. The number of hydrogen-bond acceptors (Lipinski definition) is 2. The summed E-state index contributed by atoms with van der Waals surface area (Å²) in [5, 5.41) is 3.43. The lowest BCUT2D eigenvalue weighted by molar-refractivity contribution is 0.719. The van der Waals surface area contributed by atoms with Crippen LogP contribution in [0.25, 0.3) is 0 Å². The Morgan fingerprint density at radius 3 is 2.53 bits per heavy atom. The minimum atomic E-state index is 0. The Balaban J connectivity index is 0.000000722. The van der Waals surface area contributed by atoms with Gasteiger partial charge in [0.25, 0.3) is 0 Å². The minimum Gasteiger partial charge on any atom is -0.385 e.